The zero-order valence-electron chi connectivity index (χ0n) is 15.5. The van der Waals surface area contributed by atoms with Gasteiger partial charge in [-0.25, -0.2) is 8.42 Å². The maximum absolute atomic E-state index is 12.6. The third kappa shape index (κ3) is 5.31. The summed E-state index contributed by atoms with van der Waals surface area (Å²) in [5.41, 5.74) is 2.79. The number of carbonyl (C=O) groups is 1. The molecule has 0 aliphatic rings. The molecule has 2 aromatic carbocycles. The van der Waals surface area contributed by atoms with E-state index >= 15 is 0 Å². The third-order valence-corrected chi connectivity index (χ3v) is 5.29. The monoisotopic (exact) mass is 375 g/mol. The van der Waals surface area contributed by atoms with Crippen LogP contribution in [0.1, 0.15) is 21.5 Å². The van der Waals surface area contributed by atoms with Crippen molar-refractivity contribution in [3.8, 4) is 0 Å². The molecule has 0 aliphatic carbocycles. The fourth-order valence-corrected chi connectivity index (χ4v) is 3.45. The first-order valence-electron chi connectivity index (χ1n) is 8.32. The van der Waals surface area contributed by atoms with E-state index in [1.807, 2.05) is 45.0 Å². The fraction of sp³-hybridized carbons (Fsp3) is 0.316. The van der Waals surface area contributed by atoms with Gasteiger partial charge in [0.15, 0.2) is 0 Å². The van der Waals surface area contributed by atoms with E-state index in [4.69, 9.17) is 0 Å². The highest BCUT2D eigenvalue weighted by Gasteiger charge is 2.16. The van der Waals surface area contributed by atoms with E-state index in [-0.39, 0.29) is 10.8 Å². The second-order valence-electron chi connectivity index (χ2n) is 6.51. The molecule has 0 saturated heterocycles. The molecule has 6 nitrogen and oxygen atoms in total. The van der Waals surface area contributed by atoms with E-state index in [0.717, 1.165) is 17.7 Å². The minimum absolute atomic E-state index is 0.114. The van der Waals surface area contributed by atoms with Crippen LogP contribution in [0, 0.1) is 13.8 Å². The van der Waals surface area contributed by atoms with Crippen LogP contribution in [-0.2, 0) is 10.0 Å². The lowest BCUT2D eigenvalue weighted by molar-refractivity contribution is 0.0951. The van der Waals surface area contributed by atoms with Crippen LogP contribution < -0.4 is 10.0 Å². The Morgan fingerprint density at radius 2 is 1.69 bits per heavy atom. The topological polar surface area (TPSA) is 78.5 Å². The number of carbonyl (C=O) groups excluding carboxylic acids is 1. The quantitative estimate of drug-likeness (QED) is 0.779. The summed E-state index contributed by atoms with van der Waals surface area (Å²) >= 11 is 0. The highest BCUT2D eigenvalue weighted by atomic mass is 32.2. The number of nitrogens with one attached hydrogen (secondary N) is 2. The van der Waals surface area contributed by atoms with E-state index < -0.39 is 10.0 Å². The van der Waals surface area contributed by atoms with E-state index in [1.54, 1.807) is 6.07 Å². The molecule has 0 unspecified atom stereocenters. The van der Waals surface area contributed by atoms with Gasteiger partial charge in [-0.1, -0.05) is 12.1 Å². The molecule has 7 heteroatoms. The Labute approximate surface area is 155 Å². The molecular weight excluding hydrogens is 350 g/mol. The highest BCUT2D eigenvalue weighted by molar-refractivity contribution is 7.92. The molecule has 140 valence electrons. The van der Waals surface area contributed by atoms with Gasteiger partial charge in [0.05, 0.1) is 10.6 Å². The van der Waals surface area contributed by atoms with Crippen LogP contribution in [0.2, 0.25) is 0 Å². The second-order valence-corrected chi connectivity index (χ2v) is 8.19. The number of likely N-dealkylation sites (N-methyl/N-ethyl adjacent to an activating group) is 1. The van der Waals surface area contributed by atoms with Crippen LogP contribution in [0.25, 0.3) is 0 Å². The van der Waals surface area contributed by atoms with Crippen molar-refractivity contribution in [2.45, 2.75) is 18.7 Å². The summed E-state index contributed by atoms with van der Waals surface area (Å²) in [5, 5.41) is 2.80. The van der Waals surface area contributed by atoms with Gasteiger partial charge >= 0.3 is 0 Å². The van der Waals surface area contributed by atoms with Gasteiger partial charge in [0.2, 0.25) is 0 Å². The van der Waals surface area contributed by atoms with Gasteiger partial charge in [-0.2, -0.15) is 0 Å². The average Bonchev–Trinajstić information content (AvgIpc) is 2.57. The third-order valence-electron chi connectivity index (χ3n) is 3.91. The number of rotatable bonds is 7. The standard InChI is InChI=1S/C19H25N3O3S/c1-14-5-6-15(2)18(13-14)21-26(24,25)17-9-7-16(8-10-17)19(23)20-11-12-22(3)4/h5-10,13,21H,11-12H2,1-4H3,(H,20,23). The molecule has 2 rings (SSSR count). The lowest BCUT2D eigenvalue weighted by Crippen LogP contribution is -2.31. The van der Waals surface area contributed by atoms with Crippen molar-refractivity contribution in [3.63, 3.8) is 0 Å². The van der Waals surface area contributed by atoms with Crippen molar-refractivity contribution in [1.29, 1.82) is 0 Å². The van der Waals surface area contributed by atoms with E-state index in [2.05, 4.69) is 10.0 Å². The Balaban J connectivity index is 2.11. The predicted molar refractivity (Wildman–Crippen MR) is 104 cm³/mol. The molecule has 0 bridgehead atoms. The Bertz CT molecular complexity index is 875. The molecule has 0 fully saturated rings. The van der Waals surface area contributed by atoms with Crippen molar-refractivity contribution in [2.24, 2.45) is 0 Å². The van der Waals surface area contributed by atoms with Crippen LogP contribution in [0.15, 0.2) is 47.4 Å². The SMILES string of the molecule is Cc1ccc(C)c(NS(=O)(=O)c2ccc(C(=O)NCCN(C)C)cc2)c1. The molecule has 26 heavy (non-hydrogen) atoms. The second kappa shape index (κ2) is 8.33. The van der Waals surface area contributed by atoms with Crippen molar-refractivity contribution >= 4 is 21.6 Å². The molecule has 2 aromatic rings. The van der Waals surface area contributed by atoms with Gasteiger partial charge in [-0.3, -0.25) is 9.52 Å². The summed E-state index contributed by atoms with van der Waals surface area (Å²) in [6, 6.07) is 11.5. The van der Waals surface area contributed by atoms with Crippen LogP contribution in [-0.4, -0.2) is 46.4 Å². The van der Waals surface area contributed by atoms with Crippen LogP contribution in [0.3, 0.4) is 0 Å². The number of sulfonamides is 1. The first kappa shape index (κ1) is 19.9. The zero-order chi connectivity index (χ0) is 19.3. The molecule has 0 radical (unpaired) electrons. The molecule has 0 spiro atoms. The number of nitrogens with zero attached hydrogens (tertiary/aromatic N) is 1. The normalized spacial score (nSPS) is 11.4. The summed E-state index contributed by atoms with van der Waals surface area (Å²) < 4.78 is 27.8. The summed E-state index contributed by atoms with van der Waals surface area (Å²) in [7, 11) is 0.139. The number of benzene rings is 2. The summed E-state index contributed by atoms with van der Waals surface area (Å²) in [4.78, 5) is 14.1. The number of aryl methyl sites for hydroxylation is 2. The summed E-state index contributed by atoms with van der Waals surface area (Å²) in [6.45, 7) is 5.01. The van der Waals surface area contributed by atoms with Crippen molar-refractivity contribution in [3.05, 3.63) is 59.2 Å². The van der Waals surface area contributed by atoms with Gasteiger partial charge in [-0.05, 0) is 69.4 Å². The maximum Gasteiger partial charge on any atom is 0.261 e. The molecule has 2 N–H and O–H groups in total. The number of hydrogen-bond acceptors (Lipinski definition) is 4. The van der Waals surface area contributed by atoms with E-state index in [0.29, 0.717) is 17.8 Å². The Morgan fingerprint density at radius 1 is 1.04 bits per heavy atom. The molecule has 0 atom stereocenters. The summed E-state index contributed by atoms with van der Waals surface area (Å²) in [6.07, 6.45) is 0. The average molecular weight is 375 g/mol. The molecule has 0 heterocycles. The molecule has 0 aromatic heterocycles. The zero-order valence-corrected chi connectivity index (χ0v) is 16.4. The van der Waals surface area contributed by atoms with Crippen LogP contribution in [0.4, 0.5) is 5.69 Å². The smallest absolute Gasteiger partial charge is 0.261 e. The molecule has 0 aliphatic heterocycles. The Morgan fingerprint density at radius 3 is 2.31 bits per heavy atom. The first-order chi connectivity index (χ1) is 12.2. The molecule has 0 saturated carbocycles. The lowest BCUT2D eigenvalue weighted by atomic mass is 10.1. The number of anilines is 1. The fourth-order valence-electron chi connectivity index (χ4n) is 2.33. The Kier molecular flexibility index (Phi) is 6.39. The number of amides is 1. The van der Waals surface area contributed by atoms with E-state index in [1.165, 1.54) is 24.3 Å². The maximum atomic E-state index is 12.6. The first-order valence-corrected chi connectivity index (χ1v) is 9.80. The van der Waals surface area contributed by atoms with Crippen molar-refractivity contribution in [1.82, 2.24) is 10.2 Å². The van der Waals surface area contributed by atoms with Gasteiger partial charge < -0.3 is 10.2 Å². The van der Waals surface area contributed by atoms with Gasteiger partial charge in [0.25, 0.3) is 15.9 Å². The molecular formula is C19H25N3O3S. The predicted octanol–water partition coefficient (Wildman–Crippen LogP) is 2.40. The van der Waals surface area contributed by atoms with Gasteiger partial charge in [-0.15, -0.1) is 0 Å². The number of hydrogen-bond donors (Lipinski definition) is 2. The van der Waals surface area contributed by atoms with E-state index in [9.17, 15) is 13.2 Å². The minimum Gasteiger partial charge on any atom is -0.351 e. The van der Waals surface area contributed by atoms with Crippen LogP contribution in [0.5, 0.6) is 0 Å². The van der Waals surface area contributed by atoms with Gasteiger partial charge in [0.1, 0.15) is 0 Å². The van der Waals surface area contributed by atoms with Crippen molar-refractivity contribution in [2.75, 3.05) is 31.9 Å². The summed E-state index contributed by atoms with van der Waals surface area (Å²) in [5.74, 6) is -0.224. The largest absolute Gasteiger partial charge is 0.351 e. The minimum atomic E-state index is -3.71. The van der Waals surface area contributed by atoms with Gasteiger partial charge in [0, 0.05) is 18.7 Å². The van der Waals surface area contributed by atoms with Crippen LogP contribution >= 0.6 is 0 Å². The molecule has 1 amide bonds. The lowest BCUT2D eigenvalue weighted by Gasteiger charge is -2.12. The highest BCUT2D eigenvalue weighted by Crippen LogP contribution is 2.21. The Hall–Kier alpha value is -2.38. The van der Waals surface area contributed by atoms with Crippen molar-refractivity contribution < 1.29 is 13.2 Å².